The summed E-state index contributed by atoms with van der Waals surface area (Å²) in [6.07, 6.45) is 0. The molecule has 4 rings (SSSR count). The van der Waals surface area contributed by atoms with Gasteiger partial charge in [-0.1, -0.05) is 60.7 Å². The van der Waals surface area contributed by atoms with E-state index >= 15 is 0 Å². The molecule has 0 aliphatic rings. The van der Waals surface area contributed by atoms with Crippen molar-refractivity contribution in [3.05, 3.63) is 102 Å². The largest absolute Gasteiger partial charge is 0.291 e. The SMILES string of the molecule is Cc1nc(P(c2ccccc2)c2ccccc2)n(-c2c(F)cc(F)cc2F)c1C. The predicted molar refractivity (Wildman–Crippen MR) is 112 cm³/mol. The molecule has 2 nitrogen and oxygen atoms in total. The third kappa shape index (κ3) is 3.58. The first kappa shape index (κ1) is 19.4. The summed E-state index contributed by atoms with van der Waals surface area (Å²) < 4.78 is 44.4. The van der Waals surface area contributed by atoms with Crippen molar-refractivity contribution >= 4 is 24.1 Å². The van der Waals surface area contributed by atoms with Gasteiger partial charge in [0.15, 0.2) is 11.6 Å². The molecule has 0 saturated heterocycles. The zero-order chi connectivity index (χ0) is 20.5. The van der Waals surface area contributed by atoms with Crippen molar-refractivity contribution in [1.82, 2.24) is 9.55 Å². The second-order valence-electron chi connectivity index (χ2n) is 6.64. The highest BCUT2D eigenvalue weighted by atomic mass is 31.1. The molecule has 1 heterocycles. The van der Waals surface area contributed by atoms with Crippen molar-refractivity contribution in [3.63, 3.8) is 0 Å². The number of aryl methyl sites for hydroxylation is 1. The Morgan fingerprint density at radius 2 is 1.24 bits per heavy atom. The average molecular weight is 410 g/mol. The Bertz CT molecular complexity index is 1100. The minimum atomic E-state index is -1.19. The Hall–Kier alpha value is -2.91. The van der Waals surface area contributed by atoms with E-state index in [9.17, 15) is 13.2 Å². The van der Waals surface area contributed by atoms with Gasteiger partial charge in [0.05, 0.1) is 5.69 Å². The number of rotatable bonds is 4. The highest BCUT2D eigenvalue weighted by Gasteiger charge is 2.27. The number of benzene rings is 3. The van der Waals surface area contributed by atoms with E-state index in [0.717, 1.165) is 10.6 Å². The minimum absolute atomic E-state index is 0.307. The molecule has 0 aliphatic heterocycles. The number of hydrogen-bond acceptors (Lipinski definition) is 1. The molecule has 0 bridgehead atoms. The smallest absolute Gasteiger partial charge is 0.153 e. The molecule has 3 aromatic carbocycles. The van der Waals surface area contributed by atoms with Crippen molar-refractivity contribution in [3.8, 4) is 5.69 Å². The van der Waals surface area contributed by atoms with Crippen LogP contribution in [0.3, 0.4) is 0 Å². The third-order valence-electron chi connectivity index (χ3n) is 4.76. The van der Waals surface area contributed by atoms with Gasteiger partial charge in [0.2, 0.25) is 0 Å². The first-order valence-corrected chi connectivity index (χ1v) is 10.4. The summed E-state index contributed by atoms with van der Waals surface area (Å²) in [6, 6.07) is 20.9. The number of hydrogen-bond donors (Lipinski definition) is 0. The monoisotopic (exact) mass is 410 g/mol. The van der Waals surface area contributed by atoms with Crippen LogP contribution in [0.2, 0.25) is 0 Å². The normalized spacial score (nSPS) is 11.2. The van der Waals surface area contributed by atoms with E-state index in [1.54, 1.807) is 13.8 Å². The lowest BCUT2D eigenvalue weighted by molar-refractivity contribution is 0.534. The molecule has 0 aliphatic carbocycles. The van der Waals surface area contributed by atoms with Gasteiger partial charge in [0, 0.05) is 25.7 Å². The molecule has 6 heteroatoms. The van der Waals surface area contributed by atoms with Crippen molar-refractivity contribution in [2.24, 2.45) is 0 Å². The third-order valence-corrected chi connectivity index (χ3v) is 7.09. The van der Waals surface area contributed by atoms with E-state index in [0.29, 0.717) is 29.1 Å². The van der Waals surface area contributed by atoms with Gasteiger partial charge in [-0.25, -0.2) is 18.2 Å². The molecule has 0 unspecified atom stereocenters. The van der Waals surface area contributed by atoms with Crippen LogP contribution in [0.4, 0.5) is 13.2 Å². The summed E-state index contributed by atoms with van der Waals surface area (Å²) in [5, 5.41) is 2.01. The molecule has 4 aromatic rings. The van der Waals surface area contributed by atoms with Crippen molar-refractivity contribution in [2.45, 2.75) is 13.8 Å². The fraction of sp³-hybridized carbons (Fsp3) is 0.0870. The van der Waals surface area contributed by atoms with Gasteiger partial charge in [-0.05, 0) is 24.5 Å². The van der Waals surface area contributed by atoms with E-state index in [1.165, 1.54) is 4.57 Å². The van der Waals surface area contributed by atoms with Crippen LogP contribution in [0.25, 0.3) is 5.69 Å². The van der Waals surface area contributed by atoms with Crippen LogP contribution in [0.1, 0.15) is 11.4 Å². The summed E-state index contributed by atoms with van der Waals surface area (Å²) in [7, 11) is -1.19. The second kappa shape index (κ2) is 7.84. The molecule has 1 aromatic heterocycles. The zero-order valence-electron chi connectivity index (χ0n) is 15.9. The highest BCUT2D eigenvalue weighted by Crippen LogP contribution is 2.35. The van der Waals surface area contributed by atoms with E-state index in [4.69, 9.17) is 4.98 Å². The Morgan fingerprint density at radius 3 is 1.72 bits per heavy atom. The number of nitrogens with zero attached hydrogens (tertiary/aromatic N) is 2. The molecular formula is C23H18F3N2P. The molecule has 0 atom stereocenters. The van der Waals surface area contributed by atoms with Crippen LogP contribution in [0.15, 0.2) is 72.8 Å². The minimum Gasteiger partial charge on any atom is -0.291 e. The maximum absolute atomic E-state index is 14.7. The molecule has 29 heavy (non-hydrogen) atoms. The quantitative estimate of drug-likeness (QED) is 0.448. The lowest BCUT2D eigenvalue weighted by atomic mass is 10.2. The first-order valence-electron chi connectivity index (χ1n) is 9.08. The van der Waals surface area contributed by atoms with E-state index < -0.39 is 25.4 Å². The Labute approximate surface area is 168 Å². The van der Waals surface area contributed by atoms with E-state index in [2.05, 4.69) is 0 Å². The summed E-state index contributed by atoms with van der Waals surface area (Å²) in [5.41, 5.74) is 1.52. The molecule has 0 radical (unpaired) electrons. The van der Waals surface area contributed by atoms with Gasteiger partial charge in [-0.2, -0.15) is 0 Å². The molecule has 0 amide bonds. The second-order valence-corrected chi connectivity index (χ2v) is 8.75. The maximum atomic E-state index is 14.7. The van der Waals surface area contributed by atoms with Crippen molar-refractivity contribution in [2.75, 3.05) is 0 Å². The summed E-state index contributed by atoms with van der Waals surface area (Å²) in [5.74, 6) is -2.87. The van der Waals surface area contributed by atoms with Crippen LogP contribution in [0, 0.1) is 31.3 Å². The molecule has 0 fully saturated rings. The van der Waals surface area contributed by atoms with Crippen LogP contribution in [0.5, 0.6) is 0 Å². The highest BCUT2D eigenvalue weighted by molar-refractivity contribution is 7.79. The standard InChI is InChI=1S/C23H18F3N2P/c1-15-16(2)28(22-20(25)13-17(24)14-21(22)26)23(27-15)29(18-9-5-3-6-10-18)19-11-7-4-8-12-19/h3-14H,1-2H3. The van der Waals surface area contributed by atoms with E-state index in [-0.39, 0.29) is 5.69 Å². The Kier molecular flexibility index (Phi) is 5.25. The molecule has 146 valence electrons. The van der Waals surface area contributed by atoms with Crippen LogP contribution >= 0.6 is 7.92 Å². The lowest BCUT2D eigenvalue weighted by Crippen LogP contribution is -2.28. The average Bonchev–Trinajstić information content (AvgIpc) is 2.98. The molecular weight excluding hydrogens is 392 g/mol. The predicted octanol–water partition coefficient (Wildman–Crippen LogP) is 4.66. The topological polar surface area (TPSA) is 17.8 Å². The van der Waals surface area contributed by atoms with Gasteiger partial charge < -0.3 is 0 Å². The first-order chi connectivity index (χ1) is 14.0. The summed E-state index contributed by atoms with van der Waals surface area (Å²) >= 11 is 0. The maximum Gasteiger partial charge on any atom is 0.153 e. The summed E-state index contributed by atoms with van der Waals surface area (Å²) in [4.78, 5) is 4.71. The number of aromatic nitrogens is 2. The van der Waals surface area contributed by atoms with Gasteiger partial charge in [0.1, 0.15) is 17.1 Å². The van der Waals surface area contributed by atoms with Gasteiger partial charge in [0.25, 0.3) is 0 Å². The molecule has 0 saturated carbocycles. The number of halogens is 3. The van der Waals surface area contributed by atoms with Gasteiger partial charge >= 0.3 is 0 Å². The fourth-order valence-electron chi connectivity index (χ4n) is 3.29. The number of imidazole rings is 1. The van der Waals surface area contributed by atoms with E-state index in [1.807, 2.05) is 60.7 Å². The Morgan fingerprint density at radius 1 is 0.759 bits per heavy atom. The Balaban J connectivity index is 2.03. The van der Waals surface area contributed by atoms with Crippen molar-refractivity contribution < 1.29 is 13.2 Å². The van der Waals surface area contributed by atoms with Crippen molar-refractivity contribution in [1.29, 1.82) is 0 Å². The van der Waals surface area contributed by atoms with Gasteiger partial charge in [-0.3, -0.25) is 4.57 Å². The fourth-order valence-corrected chi connectivity index (χ4v) is 5.69. The van der Waals surface area contributed by atoms with Gasteiger partial charge in [-0.15, -0.1) is 0 Å². The van der Waals surface area contributed by atoms with Crippen LogP contribution in [-0.2, 0) is 0 Å². The van der Waals surface area contributed by atoms with Crippen LogP contribution < -0.4 is 16.2 Å². The molecule has 0 spiro atoms. The lowest BCUT2D eigenvalue weighted by Gasteiger charge is -2.21. The molecule has 0 N–H and O–H groups in total. The zero-order valence-corrected chi connectivity index (χ0v) is 16.8. The summed E-state index contributed by atoms with van der Waals surface area (Å²) in [6.45, 7) is 3.57. The van der Waals surface area contributed by atoms with Crippen LogP contribution in [-0.4, -0.2) is 9.55 Å².